The Balaban J connectivity index is -0.00000000300. The van der Waals surface area contributed by atoms with Crippen LogP contribution < -0.4 is 11.5 Å². The average molecular weight is 407 g/mol. The Morgan fingerprint density at radius 2 is 1.20 bits per heavy atom. The SMILES string of the molecule is NC(N)=O.[B].[Cu].[Fe].[Mn].[Mo].[Zn]. The van der Waals surface area contributed by atoms with Crippen LogP contribution in [-0.2, 0) is 91.7 Å². The van der Waals surface area contributed by atoms with Crippen molar-refractivity contribution in [2.45, 2.75) is 0 Å². The maximum absolute atomic E-state index is 9.00. The van der Waals surface area contributed by atoms with Gasteiger partial charge in [0.25, 0.3) is 0 Å². The Bertz CT molecular complexity index is 54.2. The molecule has 9 heteroatoms. The molecule has 0 rings (SSSR count). The van der Waals surface area contributed by atoms with Crippen molar-refractivity contribution in [2.24, 2.45) is 11.5 Å². The first kappa shape index (κ1) is 56.6. The molecule has 10 heavy (non-hydrogen) atoms. The molecule has 0 spiro atoms. The van der Waals surface area contributed by atoms with Gasteiger partial charge in [-0.25, -0.2) is 4.79 Å². The van der Waals surface area contributed by atoms with Crippen LogP contribution in [0.25, 0.3) is 0 Å². The molecule has 0 unspecified atom stereocenters. The Morgan fingerprint density at radius 3 is 1.20 bits per heavy atom. The summed E-state index contributed by atoms with van der Waals surface area (Å²) in [5.74, 6) is 0. The number of hydrogen-bond donors (Lipinski definition) is 2. The van der Waals surface area contributed by atoms with Crippen LogP contribution in [-0.4, -0.2) is 14.4 Å². The number of nitrogens with two attached hydrogens (primary N) is 2. The second-order valence-corrected chi connectivity index (χ2v) is 0.402. The Hall–Kier alpha value is 2.21. The first-order valence-electron chi connectivity index (χ1n) is 0.781. The standard InChI is InChI=1S/CH4N2O.B.Cu.Fe.Mn.Mo.Zn/c2-1(3)4;;;;;;/h(H4,2,3,4);;;;;;. The van der Waals surface area contributed by atoms with Gasteiger partial charge in [-0.05, 0) is 0 Å². The third-order valence-electron chi connectivity index (χ3n) is 0. The predicted molar refractivity (Wildman–Crippen MR) is 19.5 cm³/mol. The van der Waals surface area contributed by atoms with E-state index >= 15 is 0 Å². The minimum absolute atomic E-state index is 0. The van der Waals surface area contributed by atoms with E-state index < -0.39 is 6.03 Å². The molecule has 0 atom stereocenters. The molecule has 0 aromatic heterocycles. The van der Waals surface area contributed by atoms with Crippen molar-refractivity contribution in [3.8, 4) is 0 Å². The fourth-order valence-corrected chi connectivity index (χ4v) is 0. The number of amides is 2. The zero-order valence-electron chi connectivity index (χ0n) is 4.79. The van der Waals surface area contributed by atoms with Crippen molar-refractivity contribution >= 4 is 14.4 Å². The topological polar surface area (TPSA) is 69.1 Å². The third-order valence-corrected chi connectivity index (χ3v) is 0. The predicted octanol–water partition coefficient (Wildman–Crippen LogP) is -1.37. The van der Waals surface area contributed by atoms with Crippen molar-refractivity contribution in [1.82, 2.24) is 0 Å². The van der Waals surface area contributed by atoms with Crippen LogP contribution in [0.4, 0.5) is 4.79 Å². The molecule has 0 aliphatic carbocycles. The molecule has 0 saturated carbocycles. The number of carbonyl (C=O) groups excluding carboxylic acids is 1. The van der Waals surface area contributed by atoms with Gasteiger partial charge in [-0.2, -0.15) is 0 Å². The zero-order chi connectivity index (χ0) is 3.58. The molecule has 0 fully saturated rings. The molecule has 61 valence electrons. The average Bonchev–Trinajstić information content (AvgIpc) is 0.811. The van der Waals surface area contributed by atoms with E-state index in [4.69, 9.17) is 4.79 Å². The van der Waals surface area contributed by atoms with Crippen LogP contribution in [0.3, 0.4) is 0 Å². The summed E-state index contributed by atoms with van der Waals surface area (Å²) in [4.78, 5) is 9.00. The van der Waals surface area contributed by atoms with E-state index in [-0.39, 0.29) is 100 Å². The van der Waals surface area contributed by atoms with E-state index in [0.717, 1.165) is 0 Å². The molecular formula is CH4BCuFeMnMoN2OZn. The van der Waals surface area contributed by atoms with Crippen molar-refractivity contribution in [1.29, 1.82) is 0 Å². The van der Waals surface area contributed by atoms with Crippen molar-refractivity contribution in [3.63, 3.8) is 0 Å². The number of hydrogen-bond acceptors (Lipinski definition) is 1. The summed E-state index contributed by atoms with van der Waals surface area (Å²) in [7, 11) is 0. The number of urea groups is 1. The van der Waals surface area contributed by atoms with E-state index in [1.54, 1.807) is 0 Å². The van der Waals surface area contributed by atoms with Gasteiger partial charge in [0.15, 0.2) is 0 Å². The minimum Gasteiger partial charge on any atom is -0.352 e. The van der Waals surface area contributed by atoms with Gasteiger partial charge in [-0.3, -0.25) is 0 Å². The number of primary amides is 2. The molecule has 0 saturated heterocycles. The fourth-order valence-electron chi connectivity index (χ4n) is 0. The van der Waals surface area contributed by atoms with Gasteiger partial charge in [0.1, 0.15) is 0 Å². The van der Waals surface area contributed by atoms with Gasteiger partial charge in [-0.15, -0.1) is 0 Å². The fraction of sp³-hybridized carbons (Fsp3) is 0. The summed E-state index contributed by atoms with van der Waals surface area (Å²) in [5, 5.41) is 0. The van der Waals surface area contributed by atoms with E-state index in [2.05, 4.69) is 11.5 Å². The quantitative estimate of drug-likeness (QED) is 0.479. The van der Waals surface area contributed by atoms with E-state index in [0.29, 0.717) is 0 Å². The molecular weight excluding hydrogens is 402 g/mol. The summed E-state index contributed by atoms with van der Waals surface area (Å²) in [6.07, 6.45) is 0. The van der Waals surface area contributed by atoms with Gasteiger partial charge >= 0.3 is 6.03 Å². The van der Waals surface area contributed by atoms with Gasteiger partial charge in [0, 0.05) is 100 Å². The second-order valence-electron chi connectivity index (χ2n) is 0.402. The van der Waals surface area contributed by atoms with Gasteiger partial charge in [0.2, 0.25) is 0 Å². The van der Waals surface area contributed by atoms with Crippen LogP contribution in [0.5, 0.6) is 0 Å². The van der Waals surface area contributed by atoms with Crippen LogP contribution in [0, 0.1) is 0 Å². The molecule has 0 aromatic carbocycles. The molecule has 5 radical (unpaired) electrons. The Kier molecular flexibility index (Phi) is 244. The van der Waals surface area contributed by atoms with E-state index in [9.17, 15) is 0 Å². The van der Waals surface area contributed by atoms with Gasteiger partial charge in [0.05, 0.1) is 0 Å². The molecule has 0 heterocycles. The molecule has 4 N–H and O–H groups in total. The van der Waals surface area contributed by atoms with Crippen molar-refractivity contribution in [2.75, 3.05) is 0 Å². The molecule has 0 aliphatic heterocycles. The maximum Gasteiger partial charge on any atom is 0.309 e. The largest absolute Gasteiger partial charge is 0.352 e. The molecule has 0 aromatic rings. The number of rotatable bonds is 0. The smallest absolute Gasteiger partial charge is 0.309 e. The van der Waals surface area contributed by atoms with Crippen LogP contribution in [0.2, 0.25) is 0 Å². The van der Waals surface area contributed by atoms with Crippen LogP contribution in [0.15, 0.2) is 0 Å². The maximum atomic E-state index is 9.00. The second kappa shape index (κ2) is 43.1. The number of carbonyl (C=O) groups is 1. The normalized spacial score (nSPS) is 2.40. The third kappa shape index (κ3) is 178. The monoisotopic (exact) mass is 407 g/mol. The van der Waals surface area contributed by atoms with Crippen LogP contribution >= 0.6 is 0 Å². The first-order valence-corrected chi connectivity index (χ1v) is 0.781. The Morgan fingerprint density at radius 1 is 1.20 bits per heavy atom. The summed E-state index contributed by atoms with van der Waals surface area (Å²) in [6.45, 7) is 0. The molecule has 2 amide bonds. The molecule has 3 nitrogen and oxygen atoms in total. The summed E-state index contributed by atoms with van der Waals surface area (Å²) in [6, 6.07) is -0.833. The Labute approximate surface area is 121 Å². The van der Waals surface area contributed by atoms with Gasteiger partial charge in [-0.1, -0.05) is 0 Å². The minimum atomic E-state index is -0.833. The zero-order valence-corrected chi connectivity index (χ0v) is 13.0. The van der Waals surface area contributed by atoms with Gasteiger partial charge < -0.3 is 11.5 Å². The summed E-state index contributed by atoms with van der Waals surface area (Å²) < 4.78 is 0. The van der Waals surface area contributed by atoms with E-state index in [1.807, 2.05) is 0 Å². The molecule has 0 aliphatic rings. The van der Waals surface area contributed by atoms with Crippen LogP contribution in [0.1, 0.15) is 0 Å². The van der Waals surface area contributed by atoms with E-state index in [1.165, 1.54) is 0 Å². The van der Waals surface area contributed by atoms with Crippen molar-refractivity contribution in [3.05, 3.63) is 0 Å². The summed E-state index contributed by atoms with van der Waals surface area (Å²) >= 11 is 0. The van der Waals surface area contributed by atoms with Crippen molar-refractivity contribution < 1.29 is 96.5 Å². The molecule has 0 bridgehead atoms. The summed E-state index contributed by atoms with van der Waals surface area (Å²) in [5.41, 5.74) is 8.50. The first-order chi connectivity index (χ1) is 1.73.